The first-order valence-electron chi connectivity index (χ1n) is 15.4. The lowest BCUT2D eigenvalue weighted by molar-refractivity contribution is 1.18. The summed E-state index contributed by atoms with van der Waals surface area (Å²) in [5, 5.41) is 7.71. The molecule has 45 heavy (non-hydrogen) atoms. The molecule has 10 rings (SSSR count). The summed E-state index contributed by atoms with van der Waals surface area (Å²) in [5.74, 6) is 0. The zero-order chi connectivity index (χ0) is 29.5. The molecule has 10 aromatic rings. The summed E-state index contributed by atoms with van der Waals surface area (Å²) in [4.78, 5) is 0. The fourth-order valence-corrected chi connectivity index (χ4v) is 8.54. The molecule has 0 bridgehead atoms. The van der Waals surface area contributed by atoms with Gasteiger partial charge in [-0.15, -0.1) is 11.3 Å². The minimum absolute atomic E-state index is 1.17. The van der Waals surface area contributed by atoms with Crippen LogP contribution in [0.2, 0.25) is 0 Å². The molecule has 0 N–H and O–H groups in total. The molecule has 0 spiro atoms. The third kappa shape index (κ3) is 3.56. The van der Waals surface area contributed by atoms with Crippen LogP contribution in [0.1, 0.15) is 0 Å². The van der Waals surface area contributed by atoms with Gasteiger partial charge in [-0.3, -0.25) is 0 Å². The molecule has 7 aromatic carbocycles. The van der Waals surface area contributed by atoms with Crippen molar-refractivity contribution in [1.82, 2.24) is 9.13 Å². The van der Waals surface area contributed by atoms with Gasteiger partial charge in [0.25, 0.3) is 0 Å². The SMILES string of the molecule is c1cc(-c2cc(-n3c4ccccc4c4ccccc43)c3sc4ccccc4c3c2)cc(-n2c3ccccc3c3ccccc32)c1. The second kappa shape index (κ2) is 9.43. The average molecular weight is 591 g/mol. The fourth-order valence-electron chi connectivity index (χ4n) is 7.35. The number of benzene rings is 7. The van der Waals surface area contributed by atoms with Crippen molar-refractivity contribution in [3.63, 3.8) is 0 Å². The van der Waals surface area contributed by atoms with Crippen LogP contribution in [0.15, 0.2) is 158 Å². The highest BCUT2D eigenvalue weighted by molar-refractivity contribution is 7.26. The van der Waals surface area contributed by atoms with Crippen molar-refractivity contribution in [3.8, 4) is 22.5 Å². The lowest BCUT2D eigenvalue weighted by Crippen LogP contribution is -1.96. The number of nitrogens with zero attached hydrogens (tertiary/aromatic N) is 2. The van der Waals surface area contributed by atoms with Crippen molar-refractivity contribution in [1.29, 1.82) is 0 Å². The summed E-state index contributed by atoms with van der Waals surface area (Å²) in [7, 11) is 0. The smallest absolute Gasteiger partial charge is 0.0647 e. The molecule has 0 amide bonds. The van der Waals surface area contributed by atoms with E-state index in [0.717, 1.165) is 0 Å². The van der Waals surface area contributed by atoms with Gasteiger partial charge in [0.1, 0.15) is 0 Å². The number of thiophene rings is 1. The second-order valence-electron chi connectivity index (χ2n) is 11.8. The molecule has 0 fully saturated rings. The van der Waals surface area contributed by atoms with E-state index in [-0.39, 0.29) is 0 Å². The van der Waals surface area contributed by atoms with Gasteiger partial charge in [-0.25, -0.2) is 0 Å². The van der Waals surface area contributed by atoms with E-state index in [1.807, 2.05) is 11.3 Å². The Kier molecular flexibility index (Phi) is 5.19. The molecular formula is C42H26N2S. The van der Waals surface area contributed by atoms with Gasteiger partial charge in [0, 0.05) is 42.7 Å². The van der Waals surface area contributed by atoms with Gasteiger partial charge in [0.2, 0.25) is 0 Å². The normalized spacial score (nSPS) is 12.0. The molecule has 210 valence electrons. The number of rotatable bonds is 3. The van der Waals surface area contributed by atoms with Gasteiger partial charge in [-0.1, -0.05) is 103 Å². The quantitative estimate of drug-likeness (QED) is 0.194. The van der Waals surface area contributed by atoms with E-state index in [1.165, 1.54) is 86.3 Å². The summed E-state index contributed by atoms with van der Waals surface area (Å²) >= 11 is 1.89. The Bertz CT molecular complexity index is 2670. The second-order valence-corrected chi connectivity index (χ2v) is 12.8. The molecular weight excluding hydrogens is 565 g/mol. The first-order chi connectivity index (χ1) is 22.3. The van der Waals surface area contributed by atoms with E-state index in [1.54, 1.807) is 0 Å². The lowest BCUT2D eigenvalue weighted by Gasteiger charge is -2.14. The van der Waals surface area contributed by atoms with Crippen LogP contribution in [0.5, 0.6) is 0 Å². The van der Waals surface area contributed by atoms with Crippen molar-refractivity contribution >= 4 is 75.1 Å². The molecule has 3 heterocycles. The van der Waals surface area contributed by atoms with Crippen molar-refractivity contribution in [2.45, 2.75) is 0 Å². The topological polar surface area (TPSA) is 9.86 Å². The Hall–Kier alpha value is -5.64. The first-order valence-corrected chi connectivity index (χ1v) is 16.2. The maximum atomic E-state index is 2.47. The monoisotopic (exact) mass is 590 g/mol. The Labute approximate surface area is 263 Å². The highest BCUT2D eigenvalue weighted by atomic mass is 32.1. The van der Waals surface area contributed by atoms with Crippen LogP contribution in [0.25, 0.3) is 86.3 Å². The van der Waals surface area contributed by atoms with E-state index >= 15 is 0 Å². The Morgan fingerprint density at radius 1 is 0.356 bits per heavy atom. The lowest BCUT2D eigenvalue weighted by atomic mass is 10.0. The molecule has 0 atom stereocenters. The molecule has 0 radical (unpaired) electrons. The summed E-state index contributed by atoms with van der Waals surface area (Å²) in [6, 6.07) is 57.7. The predicted octanol–water partition coefficient (Wildman–Crippen LogP) is 11.9. The predicted molar refractivity (Wildman–Crippen MR) is 193 cm³/mol. The Morgan fingerprint density at radius 2 is 0.867 bits per heavy atom. The largest absolute Gasteiger partial charge is 0.309 e. The summed E-state index contributed by atoms with van der Waals surface area (Å²) in [5.41, 5.74) is 9.71. The van der Waals surface area contributed by atoms with Crippen molar-refractivity contribution in [2.24, 2.45) is 0 Å². The molecule has 3 heteroatoms. The van der Waals surface area contributed by atoms with Crippen molar-refractivity contribution < 1.29 is 0 Å². The summed E-state index contributed by atoms with van der Waals surface area (Å²) in [6.45, 7) is 0. The third-order valence-electron chi connectivity index (χ3n) is 9.30. The Morgan fingerprint density at radius 3 is 1.47 bits per heavy atom. The number of para-hydroxylation sites is 4. The summed E-state index contributed by atoms with van der Waals surface area (Å²) in [6.07, 6.45) is 0. The molecule has 0 aliphatic heterocycles. The number of aromatic nitrogens is 2. The van der Waals surface area contributed by atoms with Crippen LogP contribution in [-0.2, 0) is 0 Å². The first kappa shape index (κ1) is 24.8. The van der Waals surface area contributed by atoms with E-state index in [4.69, 9.17) is 0 Å². The Balaban J connectivity index is 1.28. The molecule has 0 saturated carbocycles. The van der Waals surface area contributed by atoms with Crippen LogP contribution in [0.4, 0.5) is 0 Å². The zero-order valence-electron chi connectivity index (χ0n) is 24.3. The minimum atomic E-state index is 1.17. The average Bonchev–Trinajstić information content (AvgIpc) is 3.76. The van der Waals surface area contributed by atoms with Gasteiger partial charge in [0.05, 0.1) is 32.5 Å². The minimum Gasteiger partial charge on any atom is -0.309 e. The zero-order valence-corrected chi connectivity index (χ0v) is 25.1. The molecule has 3 aromatic heterocycles. The highest BCUT2D eigenvalue weighted by Crippen LogP contribution is 2.43. The number of fused-ring (bicyclic) bond motifs is 9. The highest BCUT2D eigenvalue weighted by Gasteiger charge is 2.19. The van der Waals surface area contributed by atoms with Gasteiger partial charge in [-0.05, 0) is 65.7 Å². The number of hydrogen-bond donors (Lipinski definition) is 0. The van der Waals surface area contributed by atoms with Crippen LogP contribution >= 0.6 is 11.3 Å². The molecule has 0 aliphatic carbocycles. The molecule has 0 unspecified atom stereocenters. The standard InChI is InChI=1S/C42H26N2S/c1-6-19-36-30(14-1)31-15-2-7-20-37(31)43(36)29-13-11-12-27(24-29)28-25-35-34-18-5-10-23-41(34)45-42(35)40(26-28)44-38-21-8-3-16-32(38)33-17-4-9-22-39(33)44/h1-26H. The van der Waals surface area contributed by atoms with Gasteiger partial charge >= 0.3 is 0 Å². The van der Waals surface area contributed by atoms with Crippen LogP contribution < -0.4 is 0 Å². The van der Waals surface area contributed by atoms with Gasteiger partial charge < -0.3 is 9.13 Å². The molecule has 0 aliphatic rings. The molecule has 0 saturated heterocycles. The van der Waals surface area contributed by atoms with E-state index < -0.39 is 0 Å². The van der Waals surface area contributed by atoms with E-state index in [9.17, 15) is 0 Å². The van der Waals surface area contributed by atoms with Crippen LogP contribution in [-0.4, -0.2) is 9.13 Å². The molecule has 2 nitrogen and oxygen atoms in total. The third-order valence-corrected chi connectivity index (χ3v) is 10.5. The maximum absolute atomic E-state index is 2.47. The summed E-state index contributed by atoms with van der Waals surface area (Å²) < 4.78 is 7.50. The van der Waals surface area contributed by atoms with Crippen molar-refractivity contribution in [2.75, 3.05) is 0 Å². The number of hydrogen-bond acceptors (Lipinski definition) is 1. The van der Waals surface area contributed by atoms with Crippen LogP contribution in [0, 0.1) is 0 Å². The van der Waals surface area contributed by atoms with Gasteiger partial charge in [-0.2, -0.15) is 0 Å². The van der Waals surface area contributed by atoms with E-state index in [2.05, 4.69) is 167 Å². The fraction of sp³-hybridized carbons (Fsp3) is 0. The van der Waals surface area contributed by atoms with Gasteiger partial charge in [0.15, 0.2) is 0 Å². The van der Waals surface area contributed by atoms with E-state index in [0.29, 0.717) is 0 Å². The van der Waals surface area contributed by atoms with Crippen molar-refractivity contribution in [3.05, 3.63) is 158 Å². The van der Waals surface area contributed by atoms with Crippen LogP contribution in [0.3, 0.4) is 0 Å². The maximum Gasteiger partial charge on any atom is 0.0647 e.